The molecule has 0 saturated heterocycles. The number of carbonyl (C=O) groups excluding carboxylic acids is 1. The number of hydrogen-bond donors (Lipinski definition) is 1. The largest absolute Gasteiger partial charge is 0.493 e. The molecule has 4 rings (SSSR count). The van der Waals surface area contributed by atoms with Gasteiger partial charge in [0.15, 0.2) is 11.5 Å². The second-order valence-electron chi connectivity index (χ2n) is 7.56. The van der Waals surface area contributed by atoms with Gasteiger partial charge in [0.25, 0.3) is 11.5 Å². The van der Waals surface area contributed by atoms with Crippen LogP contribution in [0.15, 0.2) is 46.3 Å². The van der Waals surface area contributed by atoms with Gasteiger partial charge in [0, 0.05) is 24.1 Å². The minimum absolute atomic E-state index is 0.0475. The van der Waals surface area contributed by atoms with Crippen molar-refractivity contribution in [2.45, 2.75) is 39.3 Å². The first-order chi connectivity index (χ1) is 15.0. The predicted molar refractivity (Wildman–Crippen MR) is 118 cm³/mol. The molecular weight excluding hydrogens is 396 g/mol. The summed E-state index contributed by atoms with van der Waals surface area (Å²) < 4.78 is 12.9. The topological polar surface area (TPSA) is 94.8 Å². The lowest BCUT2D eigenvalue weighted by Crippen LogP contribution is -2.22. The smallest absolute Gasteiger partial charge is 0.271 e. The Kier molecular flexibility index (Phi) is 5.70. The van der Waals surface area contributed by atoms with Crippen LogP contribution < -0.4 is 20.5 Å². The standard InChI is InChI=1S/C23H24N4O4/c1-14(2)31-21-16(6-4-7-19(21)30-3)13-24-26-22(28)15-9-10-17-18(12-15)25-20-8-5-11-27(20)23(17)29/h4,6-7,9-10,12-14H,5,8,11H2,1-3H3,(H,26,28)/b24-13-. The number of ether oxygens (including phenoxy) is 2. The number of fused-ring (bicyclic) bond motifs is 2. The summed E-state index contributed by atoms with van der Waals surface area (Å²) in [7, 11) is 1.57. The number of hydrogen-bond acceptors (Lipinski definition) is 6. The van der Waals surface area contributed by atoms with E-state index in [-0.39, 0.29) is 11.7 Å². The summed E-state index contributed by atoms with van der Waals surface area (Å²) in [5.41, 5.74) is 4.04. The summed E-state index contributed by atoms with van der Waals surface area (Å²) >= 11 is 0. The van der Waals surface area contributed by atoms with Crippen molar-refractivity contribution in [2.24, 2.45) is 5.10 Å². The molecule has 0 atom stereocenters. The lowest BCUT2D eigenvalue weighted by molar-refractivity contribution is 0.0955. The lowest BCUT2D eigenvalue weighted by atomic mass is 10.1. The highest BCUT2D eigenvalue weighted by Gasteiger charge is 2.17. The van der Waals surface area contributed by atoms with Crippen LogP contribution in [-0.2, 0) is 13.0 Å². The molecule has 2 aromatic carbocycles. The molecule has 160 valence electrons. The van der Waals surface area contributed by atoms with E-state index in [4.69, 9.17) is 9.47 Å². The molecule has 1 amide bonds. The second kappa shape index (κ2) is 8.59. The van der Waals surface area contributed by atoms with Crippen LogP contribution in [0.25, 0.3) is 10.9 Å². The average Bonchev–Trinajstić information content (AvgIpc) is 3.23. The fraction of sp³-hybridized carbons (Fsp3) is 0.304. The Bertz CT molecular complexity index is 1230. The molecule has 0 spiro atoms. The summed E-state index contributed by atoms with van der Waals surface area (Å²) in [6.45, 7) is 4.54. The Labute approximate surface area is 179 Å². The summed E-state index contributed by atoms with van der Waals surface area (Å²) in [6.07, 6.45) is 3.14. The van der Waals surface area contributed by atoms with Gasteiger partial charge in [0.05, 0.1) is 30.3 Å². The van der Waals surface area contributed by atoms with Crippen LogP contribution in [-0.4, -0.2) is 34.9 Å². The number of hydrazone groups is 1. The Hall–Kier alpha value is -3.68. The molecule has 8 heteroatoms. The fourth-order valence-corrected chi connectivity index (χ4v) is 3.61. The van der Waals surface area contributed by atoms with Gasteiger partial charge >= 0.3 is 0 Å². The summed E-state index contributed by atoms with van der Waals surface area (Å²) in [4.78, 5) is 29.7. The van der Waals surface area contributed by atoms with Crippen LogP contribution in [0, 0.1) is 0 Å². The molecule has 0 fully saturated rings. The number of benzene rings is 2. The maximum atomic E-state index is 12.6. The quantitative estimate of drug-likeness (QED) is 0.489. The molecule has 0 radical (unpaired) electrons. The number of aromatic nitrogens is 2. The number of carbonyl (C=O) groups is 1. The number of amides is 1. The number of para-hydroxylation sites is 1. The highest BCUT2D eigenvalue weighted by atomic mass is 16.5. The molecule has 0 bridgehead atoms. The summed E-state index contributed by atoms with van der Waals surface area (Å²) in [5, 5.41) is 4.58. The van der Waals surface area contributed by atoms with E-state index < -0.39 is 5.91 Å². The van der Waals surface area contributed by atoms with Crippen LogP contribution in [0.1, 0.15) is 42.0 Å². The Balaban J connectivity index is 1.55. The van der Waals surface area contributed by atoms with Gasteiger partial charge in [-0.05, 0) is 50.6 Å². The first-order valence-corrected chi connectivity index (χ1v) is 10.2. The molecule has 31 heavy (non-hydrogen) atoms. The molecule has 1 N–H and O–H groups in total. The first kappa shape index (κ1) is 20.6. The van der Waals surface area contributed by atoms with Gasteiger partial charge in [-0.1, -0.05) is 6.07 Å². The van der Waals surface area contributed by atoms with Gasteiger partial charge < -0.3 is 9.47 Å². The monoisotopic (exact) mass is 420 g/mol. The van der Waals surface area contributed by atoms with E-state index >= 15 is 0 Å². The molecule has 3 aromatic rings. The van der Waals surface area contributed by atoms with Gasteiger partial charge in [-0.15, -0.1) is 0 Å². The van der Waals surface area contributed by atoms with E-state index in [2.05, 4.69) is 15.5 Å². The highest BCUT2D eigenvalue weighted by molar-refractivity contribution is 5.98. The summed E-state index contributed by atoms with van der Waals surface area (Å²) in [5.74, 6) is 1.52. The van der Waals surface area contributed by atoms with E-state index in [1.54, 1.807) is 35.9 Å². The highest BCUT2D eigenvalue weighted by Crippen LogP contribution is 2.30. The zero-order valence-corrected chi connectivity index (χ0v) is 17.7. The molecule has 1 aliphatic heterocycles. The Morgan fingerprint density at radius 1 is 1.29 bits per heavy atom. The van der Waals surface area contributed by atoms with E-state index in [1.807, 2.05) is 26.0 Å². The van der Waals surface area contributed by atoms with Crippen molar-refractivity contribution in [3.05, 3.63) is 63.7 Å². The molecule has 1 aliphatic rings. The Morgan fingerprint density at radius 3 is 2.90 bits per heavy atom. The maximum absolute atomic E-state index is 12.6. The van der Waals surface area contributed by atoms with Gasteiger partial charge in [0.1, 0.15) is 5.82 Å². The predicted octanol–water partition coefficient (Wildman–Crippen LogP) is 2.90. The van der Waals surface area contributed by atoms with Crippen molar-refractivity contribution in [1.29, 1.82) is 0 Å². The molecule has 2 heterocycles. The molecule has 8 nitrogen and oxygen atoms in total. The van der Waals surface area contributed by atoms with Crippen molar-refractivity contribution in [1.82, 2.24) is 15.0 Å². The second-order valence-corrected chi connectivity index (χ2v) is 7.56. The van der Waals surface area contributed by atoms with Gasteiger partial charge in [-0.2, -0.15) is 5.10 Å². The number of nitrogens with zero attached hydrogens (tertiary/aromatic N) is 3. The zero-order valence-electron chi connectivity index (χ0n) is 17.7. The third-order valence-electron chi connectivity index (χ3n) is 5.03. The van der Waals surface area contributed by atoms with Crippen molar-refractivity contribution in [2.75, 3.05) is 7.11 Å². The lowest BCUT2D eigenvalue weighted by Gasteiger charge is -2.15. The molecule has 1 aromatic heterocycles. The molecule has 0 unspecified atom stereocenters. The van der Waals surface area contributed by atoms with E-state index in [0.717, 1.165) is 18.7 Å². The number of nitrogens with one attached hydrogen (secondary N) is 1. The first-order valence-electron chi connectivity index (χ1n) is 10.2. The number of rotatable bonds is 6. The number of aryl methyl sites for hydroxylation is 1. The van der Waals surface area contributed by atoms with Crippen molar-refractivity contribution >= 4 is 23.0 Å². The average molecular weight is 420 g/mol. The fourth-order valence-electron chi connectivity index (χ4n) is 3.61. The van der Waals surface area contributed by atoms with Crippen LogP contribution in [0.2, 0.25) is 0 Å². The third kappa shape index (κ3) is 4.14. The molecule has 0 aliphatic carbocycles. The van der Waals surface area contributed by atoms with Crippen LogP contribution in [0.4, 0.5) is 0 Å². The maximum Gasteiger partial charge on any atom is 0.271 e. The van der Waals surface area contributed by atoms with E-state index in [1.165, 1.54) is 6.21 Å². The Morgan fingerprint density at radius 2 is 2.13 bits per heavy atom. The zero-order chi connectivity index (χ0) is 22.0. The summed E-state index contributed by atoms with van der Waals surface area (Å²) in [6, 6.07) is 10.3. The normalized spacial score (nSPS) is 13.0. The van der Waals surface area contributed by atoms with Gasteiger partial charge in [-0.3, -0.25) is 14.2 Å². The van der Waals surface area contributed by atoms with Crippen molar-refractivity contribution in [3.8, 4) is 11.5 Å². The van der Waals surface area contributed by atoms with Crippen LogP contribution in [0.5, 0.6) is 11.5 Å². The number of methoxy groups -OCH3 is 1. The minimum Gasteiger partial charge on any atom is -0.493 e. The van der Waals surface area contributed by atoms with E-state index in [0.29, 0.717) is 40.1 Å². The minimum atomic E-state index is -0.394. The van der Waals surface area contributed by atoms with E-state index in [9.17, 15) is 9.59 Å². The van der Waals surface area contributed by atoms with Crippen LogP contribution in [0.3, 0.4) is 0 Å². The third-order valence-corrected chi connectivity index (χ3v) is 5.03. The van der Waals surface area contributed by atoms with Crippen molar-refractivity contribution in [3.63, 3.8) is 0 Å². The van der Waals surface area contributed by atoms with Gasteiger partial charge in [-0.25, -0.2) is 10.4 Å². The molecule has 0 saturated carbocycles. The van der Waals surface area contributed by atoms with Crippen LogP contribution >= 0.6 is 0 Å². The SMILES string of the molecule is COc1cccc(/C=N\NC(=O)c2ccc3c(=O)n4c(nc3c2)CCC4)c1OC(C)C. The van der Waals surface area contributed by atoms with Gasteiger partial charge in [0.2, 0.25) is 0 Å². The molecular formula is C23H24N4O4. The van der Waals surface area contributed by atoms with Crippen molar-refractivity contribution < 1.29 is 14.3 Å².